The van der Waals surface area contributed by atoms with Crippen molar-refractivity contribution in [2.75, 3.05) is 0 Å². The van der Waals surface area contributed by atoms with Crippen LogP contribution in [0.15, 0.2) is 107 Å². The SMILES string of the molecule is CC(C)(C)NS(=O)(=O)c1c(-c2ccccc2)c(Cl)c(-c2cccc(F)c2)c(-c2ccc(F)cc2)c1C1C=CC=C(Cl)C1=S(=O)=O. The first-order chi connectivity index (χ1) is 21.2. The first-order valence-electron chi connectivity index (χ1n) is 13.7. The van der Waals surface area contributed by atoms with Gasteiger partial charge in [0.15, 0.2) is 0 Å². The zero-order valence-electron chi connectivity index (χ0n) is 24.3. The molecule has 5 nitrogen and oxygen atoms in total. The molecule has 1 aliphatic carbocycles. The van der Waals surface area contributed by atoms with Gasteiger partial charge in [-0.15, -0.1) is 0 Å². The highest BCUT2D eigenvalue weighted by atomic mass is 35.5. The van der Waals surface area contributed by atoms with Crippen LogP contribution in [0.25, 0.3) is 33.4 Å². The number of rotatable bonds is 6. The van der Waals surface area contributed by atoms with Gasteiger partial charge in [0.05, 0.1) is 15.0 Å². The maximum Gasteiger partial charge on any atom is 0.242 e. The predicted octanol–water partition coefficient (Wildman–Crippen LogP) is 8.52. The topological polar surface area (TPSA) is 80.3 Å². The van der Waals surface area contributed by atoms with Gasteiger partial charge >= 0.3 is 0 Å². The van der Waals surface area contributed by atoms with Crippen LogP contribution in [0.1, 0.15) is 32.3 Å². The first-order valence-corrected chi connectivity index (χ1v) is 17.0. The Morgan fingerprint density at radius 3 is 2.00 bits per heavy atom. The summed E-state index contributed by atoms with van der Waals surface area (Å²) in [5, 5.41) is -0.146. The van der Waals surface area contributed by atoms with Crippen LogP contribution in [-0.4, -0.2) is 27.2 Å². The second kappa shape index (κ2) is 12.7. The van der Waals surface area contributed by atoms with Gasteiger partial charge in [-0.05, 0) is 78.9 Å². The molecule has 4 aromatic carbocycles. The van der Waals surface area contributed by atoms with E-state index in [4.69, 9.17) is 23.2 Å². The first kappa shape index (κ1) is 32.8. The number of allylic oxidation sites excluding steroid dienone is 4. The molecule has 232 valence electrons. The minimum absolute atomic E-state index is 0.0163. The largest absolute Gasteiger partial charge is 0.242 e. The molecule has 0 fully saturated rings. The molecule has 1 unspecified atom stereocenters. The van der Waals surface area contributed by atoms with Crippen LogP contribution in [0, 0.1) is 11.6 Å². The van der Waals surface area contributed by atoms with E-state index in [1.165, 1.54) is 60.7 Å². The molecule has 0 bridgehead atoms. The Hall–Kier alpha value is -3.60. The van der Waals surface area contributed by atoms with Gasteiger partial charge in [-0.1, -0.05) is 90.0 Å². The van der Waals surface area contributed by atoms with Gasteiger partial charge < -0.3 is 0 Å². The number of hydrogen-bond donors (Lipinski definition) is 1. The molecule has 4 aromatic rings. The van der Waals surface area contributed by atoms with Crippen molar-refractivity contribution < 1.29 is 25.6 Å². The zero-order chi connectivity index (χ0) is 32.7. The Balaban J connectivity index is 2.14. The lowest BCUT2D eigenvalue weighted by Crippen LogP contribution is -2.41. The van der Waals surface area contributed by atoms with Crippen LogP contribution in [0.5, 0.6) is 0 Å². The fraction of sp³-hybridized carbons (Fsp3) is 0.147. The van der Waals surface area contributed by atoms with E-state index >= 15 is 0 Å². The smallest absolute Gasteiger partial charge is 0.207 e. The van der Waals surface area contributed by atoms with E-state index in [0.717, 1.165) is 0 Å². The fourth-order valence-corrected chi connectivity index (χ4v) is 8.81. The maximum atomic E-state index is 14.8. The Morgan fingerprint density at radius 2 is 1.40 bits per heavy atom. The van der Waals surface area contributed by atoms with Crippen molar-refractivity contribution in [1.29, 1.82) is 0 Å². The second-order valence-electron chi connectivity index (χ2n) is 11.4. The standard InChI is InChI=1S/C34H27Cl2F2NO4S2/c1-34(2,3)39-45(42,43)33-29(20-9-5-4-6-10-20)31(36)28(22-11-7-12-24(38)19-22)27(21-15-17-23(37)18-16-21)30(33)25-13-8-14-26(35)32(25)44(40)41/h4-19,25,39H,1-3H3. The molecule has 0 radical (unpaired) electrons. The lowest BCUT2D eigenvalue weighted by molar-refractivity contribution is 0.491. The fourth-order valence-electron chi connectivity index (χ4n) is 5.42. The van der Waals surface area contributed by atoms with Crippen LogP contribution in [-0.2, 0) is 20.3 Å². The van der Waals surface area contributed by atoms with Crippen molar-refractivity contribution in [1.82, 2.24) is 4.72 Å². The summed E-state index contributed by atoms with van der Waals surface area (Å²) in [6, 6.07) is 19.3. The van der Waals surface area contributed by atoms with Crippen LogP contribution < -0.4 is 4.72 Å². The summed E-state index contributed by atoms with van der Waals surface area (Å²) in [6.45, 7) is 5.00. The third kappa shape index (κ3) is 6.68. The van der Waals surface area contributed by atoms with Crippen molar-refractivity contribution >= 4 is 48.4 Å². The van der Waals surface area contributed by atoms with Crippen LogP contribution in [0.4, 0.5) is 8.78 Å². The molecule has 0 saturated carbocycles. The normalized spacial score (nSPS) is 15.2. The van der Waals surface area contributed by atoms with Crippen molar-refractivity contribution in [3.05, 3.63) is 124 Å². The molecule has 0 amide bonds. The molecular formula is C34H27Cl2F2NO4S2. The second-order valence-corrected chi connectivity index (χ2v) is 14.7. The highest BCUT2D eigenvalue weighted by molar-refractivity contribution is 7.89. The van der Waals surface area contributed by atoms with E-state index in [-0.39, 0.29) is 47.6 Å². The minimum atomic E-state index is -4.51. The van der Waals surface area contributed by atoms with E-state index in [0.29, 0.717) is 11.1 Å². The van der Waals surface area contributed by atoms with Gasteiger partial charge in [0.2, 0.25) is 20.3 Å². The van der Waals surface area contributed by atoms with Crippen molar-refractivity contribution in [2.24, 2.45) is 0 Å². The predicted molar refractivity (Wildman–Crippen MR) is 177 cm³/mol. The van der Waals surface area contributed by atoms with Crippen molar-refractivity contribution in [3.63, 3.8) is 0 Å². The van der Waals surface area contributed by atoms with Gasteiger partial charge in [-0.2, -0.15) is 8.42 Å². The van der Waals surface area contributed by atoms with Crippen molar-refractivity contribution in [3.8, 4) is 33.4 Å². The van der Waals surface area contributed by atoms with Gasteiger partial charge in [-0.3, -0.25) is 0 Å². The minimum Gasteiger partial charge on any atom is -0.207 e. The lowest BCUT2D eigenvalue weighted by Gasteiger charge is -2.31. The molecular weight excluding hydrogens is 659 g/mol. The highest BCUT2D eigenvalue weighted by Crippen LogP contribution is 2.52. The molecule has 0 saturated heterocycles. The van der Waals surface area contributed by atoms with Crippen LogP contribution in [0.2, 0.25) is 5.02 Å². The van der Waals surface area contributed by atoms with E-state index in [2.05, 4.69) is 4.72 Å². The van der Waals surface area contributed by atoms with Crippen molar-refractivity contribution in [2.45, 2.75) is 37.1 Å². The Kier molecular flexibility index (Phi) is 9.22. The summed E-state index contributed by atoms with van der Waals surface area (Å²) in [7, 11) is -7.40. The van der Waals surface area contributed by atoms with Gasteiger partial charge in [0.25, 0.3) is 0 Å². The summed E-state index contributed by atoms with van der Waals surface area (Å²) in [6.07, 6.45) is 4.45. The molecule has 1 atom stereocenters. The van der Waals surface area contributed by atoms with E-state index in [1.54, 1.807) is 57.2 Å². The van der Waals surface area contributed by atoms with Gasteiger partial charge in [0.1, 0.15) is 16.5 Å². The summed E-state index contributed by atoms with van der Waals surface area (Å²) < 4.78 is 86.6. The Bertz CT molecular complexity index is 2110. The molecule has 0 spiro atoms. The lowest BCUT2D eigenvalue weighted by atomic mass is 9.80. The third-order valence-electron chi connectivity index (χ3n) is 7.00. The van der Waals surface area contributed by atoms with Crippen LogP contribution >= 0.6 is 23.2 Å². The molecule has 1 aliphatic rings. The van der Waals surface area contributed by atoms with E-state index in [1.807, 2.05) is 0 Å². The molecule has 45 heavy (non-hydrogen) atoms. The number of halogens is 4. The number of hydrogen-bond acceptors (Lipinski definition) is 4. The molecule has 0 aromatic heterocycles. The molecule has 0 aliphatic heterocycles. The maximum absolute atomic E-state index is 14.8. The Labute approximate surface area is 272 Å². The van der Waals surface area contributed by atoms with Gasteiger partial charge in [-0.25, -0.2) is 21.9 Å². The molecule has 0 heterocycles. The quantitative estimate of drug-likeness (QED) is 0.206. The average Bonchev–Trinajstić information content (AvgIpc) is 2.96. The molecule has 11 heteroatoms. The van der Waals surface area contributed by atoms with E-state index in [9.17, 15) is 25.6 Å². The highest BCUT2D eigenvalue weighted by Gasteiger charge is 2.39. The van der Waals surface area contributed by atoms with Crippen LogP contribution in [0.3, 0.4) is 0 Å². The third-order valence-corrected chi connectivity index (χ3v) is 10.5. The zero-order valence-corrected chi connectivity index (χ0v) is 27.4. The monoisotopic (exact) mass is 685 g/mol. The summed E-state index contributed by atoms with van der Waals surface area (Å²) in [5.74, 6) is -2.38. The number of benzene rings is 4. The number of sulfonamides is 1. The summed E-state index contributed by atoms with van der Waals surface area (Å²) in [5.41, 5.74) is 0.525. The Morgan fingerprint density at radius 1 is 0.778 bits per heavy atom. The number of nitrogens with one attached hydrogen (secondary N) is 1. The molecule has 5 rings (SSSR count). The summed E-state index contributed by atoms with van der Waals surface area (Å²) in [4.78, 5) is -0.571. The molecule has 1 N–H and O–H groups in total. The van der Waals surface area contributed by atoms with E-state index < -0.39 is 43.4 Å². The average molecular weight is 687 g/mol. The van der Waals surface area contributed by atoms with Gasteiger partial charge in [0, 0.05) is 22.6 Å². The summed E-state index contributed by atoms with van der Waals surface area (Å²) >= 11 is 13.7.